The Balaban J connectivity index is 0.000000158. The average Bonchev–Trinajstić information content (AvgIpc) is 4.11. The van der Waals surface area contributed by atoms with Crippen molar-refractivity contribution in [3.05, 3.63) is 108 Å². The van der Waals surface area contributed by atoms with E-state index in [0.717, 1.165) is 56.2 Å². The van der Waals surface area contributed by atoms with Gasteiger partial charge in [0.05, 0.1) is 49.5 Å². The van der Waals surface area contributed by atoms with Crippen molar-refractivity contribution in [2.24, 2.45) is 0 Å². The maximum Gasteiger partial charge on any atom is 0.226 e. The minimum Gasteiger partial charge on any atom is -0.395 e. The van der Waals surface area contributed by atoms with Gasteiger partial charge in [-0.05, 0) is 103 Å². The fraction of sp³-hybridized carbons (Fsp3) is 0.340. The van der Waals surface area contributed by atoms with Gasteiger partial charge < -0.3 is 60.9 Å². The number of nitrogens with zero attached hydrogens (tertiary/aromatic N) is 12. The van der Waals surface area contributed by atoms with Crippen LogP contribution < -0.4 is 31.9 Å². The number of aryl methyl sites for hydroxylation is 2. The Kier molecular flexibility index (Phi) is 17.7. The lowest BCUT2D eigenvalue weighted by atomic mass is 10.2. The Morgan fingerprint density at radius 2 is 0.833 bits per heavy atom. The van der Waals surface area contributed by atoms with Crippen molar-refractivity contribution < 1.29 is 15.3 Å². The smallest absolute Gasteiger partial charge is 0.226 e. The van der Waals surface area contributed by atoms with E-state index in [1.807, 2.05) is 94.3 Å². The number of anilines is 9. The van der Waals surface area contributed by atoms with Crippen molar-refractivity contribution in [2.75, 3.05) is 71.4 Å². The number of imidazole rings is 3. The summed E-state index contributed by atoms with van der Waals surface area (Å²) in [6.07, 6.45) is 5.31. The molecular formula is C50H63ClN18O3. The van der Waals surface area contributed by atoms with Gasteiger partial charge in [0.15, 0.2) is 50.9 Å². The number of para-hydroxylation sites is 1. The van der Waals surface area contributed by atoms with E-state index in [2.05, 4.69) is 118 Å². The first kappa shape index (κ1) is 52.1. The summed E-state index contributed by atoms with van der Waals surface area (Å²) in [5.41, 5.74) is 9.31. The second-order valence-electron chi connectivity index (χ2n) is 17.5. The number of hydrogen-bond donors (Lipinski definition) is 9. The largest absolute Gasteiger partial charge is 0.395 e. The van der Waals surface area contributed by atoms with Crippen LogP contribution in [-0.4, -0.2) is 113 Å². The Hall–Kier alpha value is -7.72. The van der Waals surface area contributed by atoms with Crippen molar-refractivity contribution in [1.82, 2.24) is 58.6 Å². The van der Waals surface area contributed by atoms with E-state index < -0.39 is 0 Å². The van der Waals surface area contributed by atoms with Crippen molar-refractivity contribution in [3.8, 4) is 0 Å². The summed E-state index contributed by atoms with van der Waals surface area (Å²) >= 11 is 6.22. The third-order valence-corrected chi connectivity index (χ3v) is 11.1. The van der Waals surface area contributed by atoms with E-state index in [4.69, 9.17) is 26.9 Å². The van der Waals surface area contributed by atoms with E-state index in [1.165, 1.54) is 0 Å². The Bertz CT molecular complexity index is 3070. The normalized spacial score (nSPS) is 11.2. The van der Waals surface area contributed by atoms with Crippen molar-refractivity contribution in [3.63, 3.8) is 0 Å². The van der Waals surface area contributed by atoms with Gasteiger partial charge in [-0.3, -0.25) is 0 Å². The van der Waals surface area contributed by atoms with Crippen LogP contribution in [-0.2, 0) is 0 Å². The molecule has 3 aromatic carbocycles. The van der Waals surface area contributed by atoms with Crippen LogP contribution in [0.15, 0.2) is 91.8 Å². The van der Waals surface area contributed by atoms with Crippen molar-refractivity contribution in [2.45, 2.75) is 73.5 Å². The maximum atomic E-state index is 9.03. The highest BCUT2D eigenvalue weighted by Gasteiger charge is 2.18. The third kappa shape index (κ3) is 13.0. The summed E-state index contributed by atoms with van der Waals surface area (Å²) < 4.78 is 5.98. The minimum absolute atomic E-state index is 0.00187. The molecule has 6 heterocycles. The summed E-state index contributed by atoms with van der Waals surface area (Å²) in [6.45, 7) is 17.7. The molecule has 0 aliphatic rings. The molecule has 6 aromatic heterocycles. The predicted molar refractivity (Wildman–Crippen MR) is 288 cm³/mol. The van der Waals surface area contributed by atoms with Gasteiger partial charge in [0.2, 0.25) is 17.8 Å². The first-order valence-corrected chi connectivity index (χ1v) is 24.1. The molecule has 0 saturated heterocycles. The number of aromatic nitrogens is 12. The molecule has 0 amide bonds. The van der Waals surface area contributed by atoms with E-state index in [0.29, 0.717) is 65.5 Å². The second-order valence-corrected chi connectivity index (χ2v) is 17.9. The lowest BCUT2D eigenvalue weighted by Crippen LogP contribution is -2.11. The Morgan fingerprint density at radius 1 is 0.472 bits per heavy atom. The van der Waals surface area contributed by atoms with Gasteiger partial charge >= 0.3 is 0 Å². The standard InChI is InChI=1S/2C17H22N6O.C16H19ClN6O/c2*1-11(2)23-10-19-14-15(20-13-6-4-5-12(3)9-13)21-17(18-7-8-24)22-16(14)23;1-10(2)23-9-19-13-14(20-12-6-4-3-5-11(12)17)21-16(18-7-8-24)22-15(13)23/h2*4-6,9-11,24H,7-8H2,1-3H3,(H2,18,20,21,22);3-6,9-10,24H,7-8H2,1-2H3,(H2,18,20,21,22). The number of hydrogen-bond acceptors (Lipinski definition) is 18. The van der Waals surface area contributed by atoms with Gasteiger partial charge in [-0.25, -0.2) is 15.0 Å². The zero-order valence-electron chi connectivity index (χ0n) is 41.7. The van der Waals surface area contributed by atoms with Gasteiger partial charge in [0.1, 0.15) is 0 Å². The highest BCUT2D eigenvalue weighted by atomic mass is 35.5. The van der Waals surface area contributed by atoms with Crippen LogP contribution in [0.25, 0.3) is 33.5 Å². The number of aliphatic hydroxyl groups excluding tert-OH is 3. The molecule has 0 aliphatic heterocycles. The molecule has 9 aromatic rings. The fourth-order valence-corrected chi connectivity index (χ4v) is 7.48. The summed E-state index contributed by atoms with van der Waals surface area (Å²) in [5, 5.41) is 46.6. The van der Waals surface area contributed by atoms with E-state index >= 15 is 0 Å². The van der Waals surface area contributed by atoms with Gasteiger partial charge in [0.25, 0.3) is 0 Å². The number of benzene rings is 3. The predicted octanol–water partition coefficient (Wildman–Crippen LogP) is 8.94. The topological polar surface area (TPSA) is 264 Å². The maximum absolute atomic E-state index is 9.03. The zero-order chi connectivity index (χ0) is 51.3. The van der Waals surface area contributed by atoms with Gasteiger partial charge in [-0.15, -0.1) is 0 Å². The SMILES string of the molecule is CC(C)n1cnc2c(Nc3ccccc3Cl)nc(NCCO)nc21.Cc1cccc(Nc2nc(NCCO)nc3c2ncn3C(C)C)c1.Cc1cccc(Nc2nc(NCCO)nc3c2ncn3C(C)C)c1. The lowest BCUT2D eigenvalue weighted by molar-refractivity contribution is 0.310. The fourth-order valence-electron chi connectivity index (χ4n) is 7.29. The minimum atomic E-state index is -0.00187. The molecule has 9 N–H and O–H groups in total. The molecule has 0 radical (unpaired) electrons. The molecule has 0 bridgehead atoms. The van der Waals surface area contributed by atoms with Crippen LogP contribution in [0.1, 0.15) is 70.8 Å². The average molecular weight is 1000 g/mol. The lowest BCUT2D eigenvalue weighted by Gasteiger charge is -2.12. The molecular weight excluding hydrogens is 936 g/mol. The number of fused-ring (bicyclic) bond motifs is 3. The van der Waals surface area contributed by atoms with Crippen LogP contribution >= 0.6 is 11.6 Å². The summed E-state index contributed by atoms with van der Waals surface area (Å²) in [5.74, 6) is 3.21. The second kappa shape index (κ2) is 24.4. The summed E-state index contributed by atoms with van der Waals surface area (Å²) in [7, 11) is 0. The van der Waals surface area contributed by atoms with Crippen LogP contribution in [0.4, 0.5) is 52.4 Å². The summed E-state index contributed by atoms with van der Waals surface area (Å²) in [6, 6.07) is 24.3. The molecule has 0 fully saturated rings. The number of aliphatic hydroxyl groups is 3. The molecule has 21 nitrogen and oxygen atoms in total. The van der Waals surface area contributed by atoms with Gasteiger partial charge in [0, 0.05) is 49.1 Å². The molecule has 378 valence electrons. The number of halogens is 1. The molecule has 22 heteroatoms. The molecule has 72 heavy (non-hydrogen) atoms. The third-order valence-electron chi connectivity index (χ3n) is 10.8. The van der Waals surface area contributed by atoms with Gasteiger partial charge in [-0.1, -0.05) is 48.0 Å². The quantitative estimate of drug-likeness (QED) is 0.0388. The molecule has 0 atom stereocenters. The molecule has 0 unspecified atom stereocenters. The van der Waals surface area contributed by atoms with E-state index in [9.17, 15) is 0 Å². The molecule has 0 saturated carbocycles. The van der Waals surface area contributed by atoms with Crippen molar-refractivity contribution in [1.29, 1.82) is 0 Å². The highest BCUT2D eigenvalue weighted by Crippen LogP contribution is 2.31. The monoisotopic (exact) mass is 999 g/mol. The highest BCUT2D eigenvalue weighted by molar-refractivity contribution is 6.33. The number of nitrogens with one attached hydrogen (secondary N) is 6. The first-order chi connectivity index (χ1) is 34.8. The number of rotatable bonds is 18. The first-order valence-electron chi connectivity index (χ1n) is 23.7. The van der Waals surface area contributed by atoms with Crippen LogP contribution in [0.2, 0.25) is 5.02 Å². The van der Waals surface area contributed by atoms with Crippen molar-refractivity contribution >= 4 is 97.5 Å². The van der Waals surface area contributed by atoms with Gasteiger partial charge in [-0.2, -0.15) is 29.9 Å². The van der Waals surface area contributed by atoms with Crippen LogP contribution in [0, 0.1) is 13.8 Å². The van der Waals surface area contributed by atoms with E-state index in [1.54, 1.807) is 25.0 Å². The summed E-state index contributed by atoms with van der Waals surface area (Å²) in [4.78, 5) is 40.5. The Morgan fingerprint density at radius 3 is 1.17 bits per heavy atom. The van der Waals surface area contributed by atoms with E-state index in [-0.39, 0.29) is 37.9 Å². The Labute approximate surface area is 422 Å². The molecule has 9 rings (SSSR count). The van der Waals surface area contributed by atoms with Crippen LogP contribution in [0.5, 0.6) is 0 Å². The molecule has 0 aliphatic carbocycles. The molecule has 0 spiro atoms. The zero-order valence-corrected chi connectivity index (χ0v) is 42.5. The van der Waals surface area contributed by atoms with Crippen LogP contribution in [0.3, 0.4) is 0 Å².